The van der Waals surface area contributed by atoms with Gasteiger partial charge >= 0.3 is 0 Å². The Labute approximate surface area is 85.6 Å². The Morgan fingerprint density at radius 2 is 2.00 bits per heavy atom. The number of hydrogen-bond donors (Lipinski definition) is 3. The Kier molecular flexibility index (Phi) is 4.54. The summed E-state index contributed by atoms with van der Waals surface area (Å²) in [7, 11) is -3.32. The standard InChI is InChI=1S/C8H19N3O2S/c1-4-6-14(12,13)11-8(3,5-2)7(9)10/h11H,4-6H2,1-3H3,(H3,9,10). The zero-order valence-electron chi connectivity index (χ0n) is 8.92. The van der Waals surface area contributed by atoms with Crippen LogP contribution in [0.25, 0.3) is 0 Å². The van der Waals surface area contributed by atoms with Crippen molar-refractivity contribution in [3.63, 3.8) is 0 Å². The van der Waals surface area contributed by atoms with Crippen molar-refractivity contribution in [1.29, 1.82) is 5.41 Å². The normalized spacial score (nSPS) is 16.2. The molecule has 0 aromatic rings. The fraction of sp³-hybridized carbons (Fsp3) is 0.875. The first-order valence-electron chi connectivity index (χ1n) is 4.63. The molecule has 0 fully saturated rings. The maximum Gasteiger partial charge on any atom is 0.212 e. The van der Waals surface area contributed by atoms with Crippen molar-refractivity contribution >= 4 is 15.9 Å². The Bertz CT molecular complexity index is 300. The van der Waals surface area contributed by atoms with Crippen LogP contribution in [-0.4, -0.2) is 25.5 Å². The maximum atomic E-state index is 11.4. The van der Waals surface area contributed by atoms with Crippen LogP contribution in [0.4, 0.5) is 0 Å². The van der Waals surface area contributed by atoms with E-state index < -0.39 is 15.6 Å². The van der Waals surface area contributed by atoms with Gasteiger partial charge < -0.3 is 5.73 Å². The van der Waals surface area contributed by atoms with Gasteiger partial charge in [-0.15, -0.1) is 0 Å². The fourth-order valence-corrected chi connectivity index (χ4v) is 2.56. The molecule has 4 N–H and O–H groups in total. The first-order valence-corrected chi connectivity index (χ1v) is 6.28. The molecule has 0 aliphatic carbocycles. The molecule has 5 nitrogen and oxygen atoms in total. The van der Waals surface area contributed by atoms with Gasteiger partial charge in [0, 0.05) is 0 Å². The molecule has 1 unspecified atom stereocenters. The molecule has 6 heteroatoms. The van der Waals surface area contributed by atoms with E-state index in [4.69, 9.17) is 11.1 Å². The summed E-state index contributed by atoms with van der Waals surface area (Å²) in [6.45, 7) is 5.19. The van der Waals surface area contributed by atoms with Crippen LogP contribution in [0.5, 0.6) is 0 Å². The van der Waals surface area contributed by atoms with Crippen LogP contribution in [-0.2, 0) is 10.0 Å². The second-order valence-electron chi connectivity index (χ2n) is 3.52. The van der Waals surface area contributed by atoms with Gasteiger partial charge in [-0.25, -0.2) is 13.1 Å². The van der Waals surface area contributed by atoms with E-state index >= 15 is 0 Å². The van der Waals surface area contributed by atoms with Crippen molar-refractivity contribution in [2.75, 3.05) is 5.75 Å². The van der Waals surface area contributed by atoms with E-state index in [2.05, 4.69) is 4.72 Å². The van der Waals surface area contributed by atoms with Gasteiger partial charge in [0.2, 0.25) is 10.0 Å². The minimum absolute atomic E-state index is 0.0653. The van der Waals surface area contributed by atoms with Gasteiger partial charge in [-0.05, 0) is 19.8 Å². The molecule has 0 aromatic heterocycles. The highest BCUT2D eigenvalue weighted by atomic mass is 32.2. The third-order valence-corrected chi connectivity index (χ3v) is 3.86. The van der Waals surface area contributed by atoms with Crippen LogP contribution in [0.15, 0.2) is 0 Å². The van der Waals surface area contributed by atoms with Gasteiger partial charge in [0.25, 0.3) is 0 Å². The fourth-order valence-electron chi connectivity index (χ4n) is 0.981. The zero-order valence-corrected chi connectivity index (χ0v) is 9.74. The molecule has 14 heavy (non-hydrogen) atoms. The lowest BCUT2D eigenvalue weighted by Gasteiger charge is -2.27. The van der Waals surface area contributed by atoms with Crippen LogP contribution in [0, 0.1) is 5.41 Å². The van der Waals surface area contributed by atoms with Crippen molar-refractivity contribution in [1.82, 2.24) is 4.72 Å². The van der Waals surface area contributed by atoms with Gasteiger partial charge in [0.05, 0.1) is 11.3 Å². The monoisotopic (exact) mass is 221 g/mol. The summed E-state index contributed by atoms with van der Waals surface area (Å²) in [5, 5.41) is 7.31. The van der Waals surface area contributed by atoms with E-state index in [1.807, 2.05) is 0 Å². The van der Waals surface area contributed by atoms with Crippen LogP contribution >= 0.6 is 0 Å². The molecule has 84 valence electrons. The third-order valence-electron chi connectivity index (χ3n) is 2.16. The highest BCUT2D eigenvalue weighted by molar-refractivity contribution is 7.89. The van der Waals surface area contributed by atoms with Crippen LogP contribution < -0.4 is 10.5 Å². The Hall–Kier alpha value is -0.620. The summed E-state index contributed by atoms with van der Waals surface area (Å²) < 4.78 is 25.3. The lowest BCUT2D eigenvalue weighted by Crippen LogP contribution is -2.54. The first kappa shape index (κ1) is 13.4. The molecule has 0 saturated heterocycles. The quantitative estimate of drug-likeness (QED) is 0.448. The summed E-state index contributed by atoms with van der Waals surface area (Å²) in [5.74, 6) is -0.0877. The van der Waals surface area contributed by atoms with E-state index in [0.717, 1.165) is 0 Å². The molecule has 0 saturated carbocycles. The number of sulfonamides is 1. The zero-order chi connectivity index (χ0) is 11.4. The topological polar surface area (TPSA) is 96.0 Å². The van der Waals surface area contributed by atoms with Crippen LogP contribution in [0.1, 0.15) is 33.6 Å². The second kappa shape index (κ2) is 4.75. The van der Waals surface area contributed by atoms with E-state index in [0.29, 0.717) is 12.8 Å². The summed E-state index contributed by atoms with van der Waals surface area (Å²) >= 11 is 0. The highest BCUT2D eigenvalue weighted by Gasteiger charge is 2.30. The molecule has 1 atom stereocenters. The molecule has 0 rings (SSSR count). The summed E-state index contributed by atoms with van der Waals surface area (Å²) in [4.78, 5) is 0. The number of hydrogen-bond acceptors (Lipinski definition) is 3. The average molecular weight is 221 g/mol. The number of amidine groups is 1. The lowest BCUT2D eigenvalue weighted by molar-refractivity contribution is 0.505. The minimum atomic E-state index is -3.32. The van der Waals surface area contributed by atoms with Gasteiger partial charge in [0.15, 0.2) is 0 Å². The summed E-state index contributed by atoms with van der Waals surface area (Å²) in [6, 6.07) is 0. The summed E-state index contributed by atoms with van der Waals surface area (Å²) in [5.41, 5.74) is 4.39. The number of nitrogens with two attached hydrogens (primary N) is 1. The van der Waals surface area contributed by atoms with Crippen LogP contribution in [0.3, 0.4) is 0 Å². The van der Waals surface area contributed by atoms with Gasteiger partial charge in [-0.1, -0.05) is 13.8 Å². The van der Waals surface area contributed by atoms with E-state index in [1.165, 1.54) is 0 Å². The van der Waals surface area contributed by atoms with Gasteiger partial charge in [0.1, 0.15) is 5.84 Å². The molecular weight excluding hydrogens is 202 g/mol. The highest BCUT2D eigenvalue weighted by Crippen LogP contribution is 2.10. The maximum absolute atomic E-state index is 11.4. The number of nitrogens with one attached hydrogen (secondary N) is 2. The smallest absolute Gasteiger partial charge is 0.212 e. The average Bonchev–Trinajstić information content (AvgIpc) is 2.02. The molecule has 0 amide bonds. The van der Waals surface area contributed by atoms with Crippen molar-refractivity contribution in [3.8, 4) is 0 Å². The van der Waals surface area contributed by atoms with Crippen molar-refractivity contribution in [2.24, 2.45) is 5.73 Å². The molecule has 0 heterocycles. The van der Waals surface area contributed by atoms with E-state index in [-0.39, 0.29) is 11.6 Å². The summed E-state index contributed by atoms with van der Waals surface area (Å²) in [6.07, 6.45) is 1.01. The molecular formula is C8H19N3O2S. The molecule has 0 aliphatic heterocycles. The SMILES string of the molecule is CCCS(=O)(=O)NC(C)(CC)C(=N)N. The molecule has 0 spiro atoms. The first-order chi connectivity index (χ1) is 6.27. The number of rotatable bonds is 6. The Morgan fingerprint density at radius 1 is 1.50 bits per heavy atom. The predicted octanol–water partition coefficient (Wildman–Crippen LogP) is 0.420. The molecule has 0 aromatic carbocycles. The largest absolute Gasteiger partial charge is 0.386 e. The lowest BCUT2D eigenvalue weighted by atomic mass is 10.00. The Balaban J connectivity index is 4.71. The predicted molar refractivity (Wildman–Crippen MR) is 57.8 cm³/mol. The van der Waals surface area contributed by atoms with E-state index in [9.17, 15) is 8.42 Å². The van der Waals surface area contributed by atoms with Crippen molar-refractivity contribution < 1.29 is 8.42 Å². The molecule has 0 bridgehead atoms. The van der Waals surface area contributed by atoms with Crippen molar-refractivity contribution in [2.45, 2.75) is 39.2 Å². The second-order valence-corrected chi connectivity index (χ2v) is 5.36. The Morgan fingerprint density at radius 3 is 2.29 bits per heavy atom. The van der Waals surface area contributed by atoms with Gasteiger partial charge in [-0.3, -0.25) is 5.41 Å². The minimum Gasteiger partial charge on any atom is -0.386 e. The molecule has 0 aliphatic rings. The van der Waals surface area contributed by atoms with E-state index in [1.54, 1.807) is 20.8 Å². The molecule has 0 radical (unpaired) electrons. The third kappa shape index (κ3) is 3.63. The van der Waals surface area contributed by atoms with Crippen LogP contribution in [0.2, 0.25) is 0 Å². The van der Waals surface area contributed by atoms with Gasteiger partial charge in [-0.2, -0.15) is 0 Å². The van der Waals surface area contributed by atoms with Crippen molar-refractivity contribution in [3.05, 3.63) is 0 Å².